The van der Waals surface area contributed by atoms with Crippen LogP contribution in [0.3, 0.4) is 0 Å². The highest BCUT2D eigenvalue weighted by atomic mass is 35.5. The molecule has 0 aliphatic heterocycles. The van der Waals surface area contributed by atoms with Gasteiger partial charge in [0.25, 0.3) is 0 Å². The van der Waals surface area contributed by atoms with Crippen LogP contribution in [0.25, 0.3) is 0 Å². The Labute approximate surface area is 125 Å². The van der Waals surface area contributed by atoms with Crippen LogP contribution in [0, 0.1) is 17.5 Å². The molecule has 2 aromatic carbocycles. The fourth-order valence-corrected chi connectivity index (χ4v) is 2.34. The third-order valence-electron chi connectivity index (χ3n) is 3.16. The van der Waals surface area contributed by atoms with E-state index in [0.29, 0.717) is 0 Å². The van der Waals surface area contributed by atoms with Crippen LogP contribution in [0.15, 0.2) is 30.3 Å². The Bertz CT molecular complexity index is 640. The fraction of sp³-hybridized carbons (Fsp3) is 0.200. The van der Waals surface area contributed by atoms with Crippen LogP contribution in [-0.4, -0.2) is 14.2 Å². The Balaban J connectivity index is 2.59. The second-order valence-electron chi connectivity index (χ2n) is 4.37. The minimum absolute atomic E-state index is 0.0511. The van der Waals surface area contributed by atoms with E-state index in [4.69, 9.17) is 16.3 Å². The topological polar surface area (TPSA) is 21.3 Å². The molecule has 0 spiro atoms. The van der Waals surface area contributed by atoms with Gasteiger partial charge in [0.05, 0.1) is 18.2 Å². The molecular weight excluding hydrogens is 303 g/mol. The van der Waals surface area contributed by atoms with Crippen LogP contribution in [0.5, 0.6) is 5.75 Å². The van der Waals surface area contributed by atoms with E-state index in [1.54, 1.807) is 0 Å². The van der Waals surface area contributed by atoms with Crippen LogP contribution in [0.1, 0.15) is 17.2 Å². The van der Waals surface area contributed by atoms with Crippen LogP contribution >= 0.6 is 11.6 Å². The first-order chi connectivity index (χ1) is 9.99. The van der Waals surface area contributed by atoms with Gasteiger partial charge >= 0.3 is 0 Å². The number of benzene rings is 2. The molecule has 0 aliphatic carbocycles. The third-order valence-corrected chi connectivity index (χ3v) is 3.45. The number of rotatable bonds is 4. The summed E-state index contributed by atoms with van der Waals surface area (Å²) in [6, 6.07) is 5.40. The van der Waals surface area contributed by atoms with Crippen molar-refractivity contribution in [2.75, 3.05) is 14.2 Å². The van der Waals surface area contributed by atoms with Crippen molar-refractivity contribution in [3.63, 3.8) is 0 Å². The number of halogens is 4. The second kappa shape index (κ2) is 6.37. The van der Waals surface area contributed by atoms with E-state index in [2.05, 4.69) is 5.32 Å². The Morgan fingerprint density at radius 1 is 1.14 bits per heavy atom. The van der Waals surface area contributed by atoms with E-state index < -0.39 is 23.5 Å². The van der Waals surface area contributed by atoms with E-state index in [9.17, 15) is 13.2 Å². The largest absolute Gasteiger partial charge is 0.497 e. The van der Waals surface area contributed by atoms with Crippen molar-refractivity contribution in [2.45, 2.75) is 6.04 Å². The molecule has 0 bridgehead atoms. The first-order valence-corrected chi connectivity index (χ1v) is 6.51. The minimum atomic E-state index is -1.00. The highest BCUT2D eigenvalue weighted by molar-refractivity contribution is 6.30. The first-order valence-electron chi connectivity index (χ1n) is 6.13. The van der Waals surface area contributed by atoms with Gasteiger partial charge in [0.1, 0.15) is 23.2 Å². The second-order valence-corrected chi connectivity index (χ2v) is 4.78. The molecule has 1 unspecified atom stereocenters. The molecule has 2 aromatic rings. The quantitative estimate of drug-likeness (QED) is 0.918. The van der Waals surface area contributed by atoms with Crippen molar-refractivity contribution in [1.82, 2.24) is 5.32 Å². The monoisotopic (exact) mass is 315 g/mol. The first kappa shape index (κ1) is 15.7. The molecule has 6 heteroatoms. The third kappa shape index (κ3) is 2.99. The molecule has 2 rings (SSSR count). The van der Waals surface area contributed by atoms with Crippen molar-refractivity contribution in [2.24, 2.45) is 0 Å². The SMILES string of the molecule is CNC(c1cccc(Cl)c1F)c1c(F)cc(OC)cc1F. The van der Waals surface area contributed by atoms with Crippen LogP contribution in [0.2, 0.25) is 5.02 Å². The highest BCUT2D eigenvalue weighted by Crippen LogP contribution is 2.32. The summed E-state index contributed by atoms with van der Waals surface area (Å²) in [7, 11) is 2.79. The molecule has 1 atom stereocenters. The van der Waals surface area contributed by atoms with E-state index in [-0.39, 0.29) is 21.9 Å². The lowest BCUT2D eigenvalue weighted by molar-refractivity contribution is 0.403. The zero-order valence-electron chi connectivity index (χ0n) is 11.4. The number of hydrogen-bond donors (Lipinski definition) is 1. The highest BCUT2D eigenvalue weighted by Gasteiger charge is 2.25. The van der Waals surface area contributed by atoms with Gasteiger partial charge < -0.3 is 10.1 Å². The molecule has 21 heavy (non-hydrogen) atoms. The van der Waals surface area contributed by atoms with Crippen molar-refractivity contribution in [3.05, 3.63) is 63.9 Å². The maximum atomic E-state index is 14.1. The van der Waals surface area contributed by atoms with E-state index in [1.807, 2.05) is 0 Å². The Morgan fingerprint density at radius 3 is 2.29 bits per heavy atom. The average molecular weight is 316 g/mol. The molecule has 0 radical (unpaired) electrons. The lowest BCUT2D eigenvalue weighted by Gasteiger charge is -2.20. The zero-order valence-corrected chi connectivity index (χ0v) is 12.1. The van der Waals surface area contributed by atoms with Gasteiger partial charge in [-0.2, -0.15) is 0 Å². The van der Waals surface area contributed by atoms with Crippen molar-refractivity contribution < 1.29 is 17.9 Å². The van der Waals surface area contributed by atoms with Gasteiger partial charge in [-0.3, -0.25) is 0 Å². The molecule has 0 saturated carbocycles. The molecule has 0 saturated heterocycles. The maximum absolute atomic E-state index is 14.1. The summed E-state index contributed by atoms with van der Waals surface area (Å²) in [5.41, 5.74) is -0.229. The van der Waals surface area contributed by atoms with Gasteiger partial charge in [-0.1, -0.05) is 23.7 Å². The number of nitrogens with one attached hydrogen (secondary N) is 1. The molecule has 1 N–H and O–H groups in total. The molecule has 0 aliphatic rings. The van der Waals surface area contributed by atoms with E-state index in [0.717, 1.165) is 12.1 Å². The summed E-state index contributed by atoms with van der Waals surface area (Å²) < 4.78 is 47.2. The molecule has 0 amide bonds. The average Bonchev–Trinajstić information content (AvgIpc) is 2.46. The van der Waals surface area contributed by atoms with Gasteiger partial charge in [0.2, 0.25) is 0 Å². The van der Waals surface area contributed by atoms with Crippen LogP contribution in [0.4, 0.5) is 13.2 Å². The lowest BCUT2D eigenvalue weighted by Crippen LogP contribution is -2.21. The summed E-state index contributed by atoms with van der Waals surface area (Å²) in [5.74, 6) is -2.32. The van der Waals surface area contributed by atoms with E-state index >= 15 is 0 Å². The Hall–Kier alpha value is -1.72. The number of methoxy groups -OCH3 is 1. The summed E-state index contributed by atoms with van der Waals surface area (Å²) in [6.07, 6.45) is 0. The minimum Gasteiger partial charge on any atom is -0.497 e. The molecule has 0 aromatic heterocycles. The maximum Gasteiger partial charge on any atom is 0.146 e. The van der Waals surface area contributed by atoms with Gasteiger partial charge in [0.15, 0.2) is 0 Å². The number of hydrogen-bond acceptors (Lipinski definition) is 2. The Morgan fingerprint density at radius 2 is 1.76 bits per heavy atom. The number of ether oxygens (including phenoxy) is 1. The van der Waals surface area contributed by atoms with Crippen LogP contribution < -0.4 is 10.1 Å². The summed E-state index contributed by atoms with van der Waals surface area (Å²) in [6.45, 7) is 0. The normalized spacial score (nSPS) is 12.3. The molecule has 2 nitrogen and oxygen atoms in total. The zero-order chi connectivity index (χ0) is 15.6. The molecule has 0 heterocycles. The fourth-order valence-electron chi connectivity index (χ4n) is 2.15. The van der Waals surface area contributed by atoms with Gasteiger partial charge in [0, 0.05) is 23.3 Å². The van der Waals surface area contributed by atoms with Gasteiger partial charge in [-0.25, -0.2) is 13.2 Å². The van der Waals surface area contributed by atoms with E-state index in [1.165, 1.54) is 32.4 Å². The lowest BCUT2D eigenvalue weighted by atomic mass is 9.97. The predicted octanol–water partition coefficient (Wildman–Crippen LogP) is 4.07. The molecular formula is C15H13ClF3NO. The van der Waals surface area contributed by atoms with Crippen LogP contribution in [-0.2, 0) is 0 Å². The smallest absolute Gasteiger partial charge is 0.146 e. The summed E-state index contributed by atoms with van der Waals surface area (Å²) in [4.78, 5) is 0. The van der Waals surface area contributed by atoms with Crippen molar-refractivity contribution in [3.8, 4) is 5.75 Å². The summed E-state index contributed by atoms with van der Waals surface area (Å²) >= 11 is 5.72. The standard InChI is InChI=1S/C15H13ClF3NO/c1-20-15(9-4-3-5-10(16)14(9)19)13-11(17)6-8(21-2)7-12(13)18/h3-7,15,20H,1-2H3. The van der Waals surface area contributed by atoms with Crippen molar-refractivity contribution >= 4 is 11.6 Å². The molecule has 112 valence electrons. The Kier molecular flexibility index (Phi) is 4.75. The predicted molar refractivity (Wildman–Crippen MR) is 75.2 cm³/mol. The van der Waals surface area contributed by atoms with Gasteiger partial charge in [-0.05, 0) is 13.1 Å². The van der Waals surface area contributed by atoms with Gasteiger partial charge in [-0.15, -0.1) is 0 Å². The molecule has 0 fully saturated rings. The van der Waals surface area contributed by atoms with Crippen molar-refractivity contribution in [1.29, 1.82) is 0 Å². The summed E-state index contributed by atoms with van der Waals surface area (Å²) in [5, 5.41) is 2.59.